The predicted octanol–water partition coefficient (Wildman–Crippen LogP) is 0.278. The van der Waals surface area contributed by atoms with Crippen molar-refractivity contribution in [2.75, 3.05) is 6.54 Å². The first-order valence-corrected chi connectivity index (χ1v) is 5.20. The Morgan fingerprint density at radius 2 is 2.12 bits per heavy atom. The fraction of sp³-hybridized carbons (Fsp3) is 0.364. The van der Waals surface area contributed by atoms with E-state index in [2.05, 4.69) is 10.3 Å². The van der Waals surface area contributed by atoms with E-state index in [9.17, 15) is 14.4 Å². The summed E-state index contributed by atoms with van der Waals surface area (Å²) in [6.45, 7) is 1.95. The van der Waals surface area contributed by atoms with E-state index in [1.54, 1.807) is 13.0 Å². The van der Waals surface area contributed by atoms with E-state index in [0.29, 0.717) is 12.1 Å². The van der Waals surface area contributed by atoms with Crippen molar-refractivity contribution in [2.45, 2.75) is 19.8 Å². The maximum absolute atomic E-state index is 11.5. The lowest BCUT2D eigenvalue weighted by Gasteiger charge is -2.03. The van der Waals surface area contributed by atoms with Gasteiger partial charge in [-0.05, 0) is 25.5 Å². The van der Waals surface area contributed by atoms with E-state index in [1.807, 2.05) is 0 Å². The molecular formula is C11H14N2O4. The number of amides is 1. The Hall–Kier alpha value is -2.11. The Kier molecular flexibility index (Phi) is 4.45. The number of aliphatic carboxylic acids is 1. The largest absolute Gasteiger partial charge is 0.481 e. The van der Waals surface area contributed by atoms with E-state index in [4.69, 9.17) is 5.11 Å². The van der Waals surface area contributed by atoms with Crippen molar-refractivity contribution in [1.29, 1.82) is 0 Å². The highest BCUT2D eigenvalue weighted by molar-refractivity contribution is 5.93. The van der Waals surface area contributed by atoms with Crippen molar-refractivity contribution in [3.05, 3.63) is 33.7 Å². The van der Waals surface area contributed by atoms with Crippen LogP contribution in [0.2, 0.25) is 0 Å². The molecule has 3 N–H and O–H groups in total. The highest BCUT2D eigenvalue weighted by Crippen LogP contribution is 1.94. The molecule has 17 heavy (non-hydrogen) atoms. The second kappa shape index (κ2) is 5.83. The number of H-pyrrole nitrogens is 1. The third kappa shape index (κ3) is 4.10. The molecule has 0 spiro atoms. The predicted molar refractivity (Wildman–Crippen MR) is 61.0 cm³/mol. The van der Waals surface area contributed by atoms with Gasteiger partial charge in [0.25, 0.3) is 11.5 Å². The molecule has 6 heteroatoms. The maximum atomic E-state index is 11.5. The molecule has 0 aliphatic rings. The van der Waals surface area contributed by atoms with E-state index in [-0.39, 0.29) is 18.5 Å². The molecule has 0 aliphatic carbocycles. The maximum Gasteiger partial charge on any atom is 0.303 e. The van der Waals surface area contributed by atoms with Crippen LogP contribution in [0.25, 0.3) is 0 Å². The zero-order valence-corrected chi connectivity index (χ0v) is 9.45. The number of nitrogens with one attached hydrogen (secondary N) is 2. The second-order valence-corrected chi connectivity index (χ2v) is 3.64. The Labute approximate surface area is 97.7 Å². The van der Waals surface area contributed by atoms with Crippen molar-refractivity contribution in [3.8, 4) is 0 Å². The number of aromatic nitrogens is 1. The molecule has 6 nitrogen and oxygen atoms in total. The number of hydrogen-bond acceptors (Lipinski definition) is 3. The number of carbonyl (C=O) groups excluding carboxylic acids is 1. The lowest BCUT2D eigenvalue weighted by molar-refractivity contribution is -0.137. The minimum absolute atomic E-state index is 0.00939. The van der Waals surface area contributed by atoms with Gasteiger partial charge in [-0.3, -0.25) is 14.4 Å². The minimum Gasteiger partial charge on any atom is -0.481 e. The summed E-state index contributed by atoms with van der Waals surface area (Å²) in [6, 6.07) is 3.08. The summed E-state index contributed by atoms with van der Waals surface area (Å²) in [5.41, 5.74) is 0.268. The first kappa shape index (κ1) is 13.0. The molecule has 0 saturated heterocycles. The van der Waals surface area contributed by atoms with Crippen LogP contribution in [0.5, 0.6) is 0 Å². The third-order valence-corrected chi connectivity index (χ3v) is 2.15. The normalized spacial score (nSPS) is 9.94. The molecule has 1 amide bonds. The van der Waals surface area contributed by atoms with Crippen LogP contribution >= 0.6 is 0 Å². The van der Waals surface area contributed by atoms with Crippen LogP contribution in [-0.4, -0.2) is 28.5 Å². The third-order valence-electron chi connectivity index (χ3n) is 2.15. The molecule has 0 unspecified atom stereocenters. The molecule has 1 aromatic heterocycles. The lowest BCUT2D eigenvalue weighted by atomic mass is 10.2. The van der Waals surface area contributed by atoms with Gasteiger partial charge in [0.2, 0.25) is 0 Å². The summed E-state index contributed by atoms with van der Waals surface area (Å²) < 4.78 is 0. The van der Waals surface area contributed by atoms with Gasteiger partial charge < -0.3 is 15.4 Å². The van der Waals surface area contributed by atoms with Gasteiger partial charge in [0.1, 0.15) is 5.56 Å². The summed E-state index contributed by atoms with van der Waals surface area (Å²) in [5, 5.41) is 10.9. The Morgan fingerprint density at radius 3 is 2.71 bits per heavy atom. The van der Waals surface area contributed by atoms with Crippen LogP contribution in [0.1, 0.15) is 28.9 Å². The molecule has 0 atom stereocenters. The highest BCUT2D eigenvalue weighted by Gasteiger charge is 2.09. The van der Waals surface area contributed by atoms with Crippen molar-refractivity contribution in [3.63, 3.8) is 0 Å². The van der Waals surface area contributed by atoms with Gasteiger partial charge in [0.15, 0.2) is 0 Å². The number of aromatic amines is 1. The van der Waals surface area contributed by atoms with Crippen molar-refractivity contribution < 1.29 is 14.7 Å². The fourth-order valence-electron chi connectivity index (χ4n) is 1.29. The number of carboxylic acids is 1. The molecule has 92 valence electrons. The van der Waals surface area contributed by atoms with E-state index < -0.39 is 17.4 Å². The summed E-state index contributed by atoms with van der Waals surface area (Å²) in [7, 11) is 0. The van der Waals surface area contributed by atoms with Gasteiger partial charge in [0.05, 0.1) is 0 Å². The van der Waals surface area contributed by atoms with Crippen LogP contribution in [0, 0.1) is 6.92 Å². The van der Waals surface area contributed by atoms with Crippen LogP contribution in [-0.2, 0) is 4.79 Å². The molecule has 0 aliphatic heterocycles. The molecule has 0 radical (unpaired) electrons. The average molecular weight is 238 g/mol. The Balaban J connectivity index is 2.53. The molecule has 1 heterocycles. The topological polar surface area (TPSA) is 99.3 Å². The smallest absolute Gasteiger partial charge is 0.303 e. The molecule has 0 aromatic carbocycles. The van der Waals surface area contributed by atoms with Gasteiger partial charge in [-0.15, -0.1) is 0 Å². The minimum atomic E-state index is -0.910. The molecule has 0 saturated carbocycles. The van der Waals surface area contributed by atoms with Gasteiger partial charge in [-0.2, -0.15) is 0 Å². The second-order valence-electron chi connectivity index (χ2n) is 3.64. The molecule has 0 bridgehead atoms. The highest BCUT2D eigenvalue weighted by atomic mass is 16.4. The first-order chi connectivity index (χ1) is 8.00. The number of pyridine rings is 1. The van der Waals surface area contributed by atoms with E-state index in [0.717, 1.165) is 0 Å². The zero-order chi connectivity index (χ0) is 12.8. The Morgan fingerprint density at radius 1 is 1.41 bits per heavy atom. The molecule has 1 rings (SSSR count). The Bertz CT molecular complexity index is 479. The van der Waals surface area contributed by atoms with Gasteiger partial charge >= 0.3 is 5.97 Å². The number of rotatable bonds is 5. The number of carboxylic acid groups (broad SMARTS) is 1. The number of carbonyl (C=O) groups is 2. The van der Waals surface area contributed by atoms with Crippen LogP contribution in [0.3, 0.4) is 0 Å². The average Bonchev–Trinajstić information content (AvgIpc) is 2.23. The number of aryl methyl sites for hydroxylation is 1. The van der Waals surface area contributed by atoms with Crippen molar-refractivity contribution in [1.82, 2.24) is 10.3 Å². The SMILES string of the molecule is Cc1ccc(C(=O)NCCCC(=O)O)c(=O)[nH]1. The summed E-state index contributed by atoms with van der Waals surface area (Å²) in [6.07, 6.45) is 0.329. The monoisotopic (exact) mass is 238 g/mol. The summed E-state index contributed by atoms with van der Waals surface area (Å²) in [4.78, 5) is 35.7. The quantitative estimate of drug-likeness (QED) is 0.641. The van der Waals surface area contributed by atoms with E-state index >= 15 is 0 Å². The number of hydrogen-bond donors (Lipinski definition) is 3. The first-order valence-electron chi connectivity index (χ1n) is 5.20. The molecule has 1 aromatic rings. The van der Waals surface area contributed by atoms with Crippen molar-refractivity contribution in [2.24, 2.45) is 0 Å². The van der Waals surface area contributed by atoms with Crippen LogP contribution in [0.15, 0.2) is 16.9 Å². The van der Waals surface area contributed by atoms with Crippen molar-refractivity contribution >= 4 is 11.9 Å². The summed E-state index contributed by atoms with van der Waals surface area (Å²) >= 11 is 0. The lowest BCUT2D eigenvalue weighted by Crippen LogP contribution is -2.30. The standard InChI is InChI=1S/C11H14N2O4/c1-7-4-5-8(11(17)13-7)10(16)12-6-2-3-9(14)15/h4-5H,2-3,6H2,1H3,(H,12,16)(H,13,17)(H,14,15). The molecular weight excluding hydrogens is 224 g/mol. The summed E-state index contributed by atoms with van der Waals surface area (Å²) in [5.74, 6) is -1.40. The van der Waals surface area contributed by atoms with Crippen LogP contribution < -0.4 is 10.9 Å². The zero-order valence-electron chi connectivity index (χ0n) is 9.45. The van der Waals surface area contributed by atoms with Gasteiger partial charge in [-0.25, -0.2) is 0 Å². The molecule has 0 fully saturated rings. The van der Waals surface area contributed by atoms with E-state index in [1.165, 1.54) is 6.07 Å². The van der Waals surface area contributed by atoms with Gasteiger partial charge in [0, 0.05) is 18.7 Å². The van der Waals surface area contributed by atoms with Gasteiger partial charge in [-0.1, -0.05) is 0 Å². The van der Waals surface area contributed by atoms with Crippen LogP contribution in [0.4, 0.5) is 0 Å². The fourth-order valence-corrected chi connectivity index (χ4v) is 1.29.